The number of carboxylic acid groups (broad SMARTS) is 1. The Labute approximate surface area is 129 Å². The summed E-state index contributed by atoms with van der Waals surface area (Å²) in [5, 5.41) is 10.1. The van der Waals surface area contributed by atoms with E-state index in [9.17, 15) is 9.90 Å². The second-order valence-corrected chi connectivity index (χ2v) is 8.13. The van der Waals surface area contributed by atoms with Crippen molar-refractivity contribution >= 4 is 22.4 Å². The first-order valence-corrected chi connectivity index (χ1v) is 8.01. The van der Waals surface area contributed by atoms with Crippen LogP contribution in [0.5, 0.6) is 0 Å². The lowest BCUT2D eigenvalue weighted by Crippen LogP contribution is -2.57. The molecule has 0 unspecified atom stereocenters. The number of anilines is 1. The predicted octanol–water partition coefficient (Wildman–Crippen LogP) is 3.36. The van der Waals surface area contributed by atoms with E-state index in [1.807, 2.05) is 13.8 Å². The number of thiazole rings is 1. The second kappa shape index (κ2) is 5.25. The summed E-state index contributed by atoms with van der Waals surface area (Å²) in [6, 6.07) is 0. The average Bonchev–Trinajstić information content (AvgIpc) is 2.69. The van der Waals surface area contributed by atoms with Crippen molar-refractivity contribution in [2.45, 2.75) is 58.7 Å². The molecule has 0 aromatic carbocycles. The topological polar surface area (TPSA) is 62.7 Å². The summed E-state index contributed by atoms with van der Waals surface area (Å²) in [5.74, 6) is -0.794. The number of ether oxygens (including phenoxy) is 1. The van der Waals surface area contributed by atoms with Crippen LogP contribution in [-0.4, -0.2) is 40.4 Å². The summed E-state index contributed by atoms with van der Waals surface area (Å²) in [6.45, 7) is 13.6. The number of morpholine rings is 1. The van der Waals surface area contributed by atoms with Crippen LogP contribution >= 0.6 is 11.3 Å². The van der Waals surface area contributed by atoms with Crippen LogP contribution in [0.4, 0.5) is 5.13 Å². The van der Waals surface area contributed by atoms with Crippen molar-refractivity contribution in [2.75, 3.05) is 18.0 Å². The SMILES string of the molecule is CC(C)c1nc(N2CC(C)(C)OC(C)(C)C2)sc1C(=O)O. The van der Waals surface area contributed by atoms with Crippen molar-refractivity contribution in [3.63, 3.8) is 0 Å². The summed E-state index contributed by atoms with van der Waals surface area (Å²) in [4.78, 5) is 18.5. The molecule has 21 heavy (non-hydrogen) atoms. The third-order valence-corrected chi connectivity index (χ3v) is 4.47. The number of hydrogen-bond donors (Lipinski definition) is 1. The maximum absolute atomic E-state index is 11.4. The first kappa shape index (κ1) is 16.2. The first-order chi connectivity index (χ1) is 9.51. The van der Waals surface area contributed by atoms with Crippen molar-refractivity contribution in [1.82, 2.24) is 4.98 Å². The van der Waals surface area contributed by atoms with Crippen molar-refractivity contribution in [3.8, 4) is 0 Å². The van der Waals surface area contributed by atoms with Gasteiger partial charge in [-0.05, 0) is 33.6 Å². The Kier molecular flexibility index (Phi) is 4.06. The van der Waals surface area contributed by atoms with Crippen LogP contribution in [0.2, 0.25) is 0 Å². The molecular formula is C15H24N2O3S. The molecular weight excluding hydrogens is 288 g/mol. The number of aromatic carboxylic acids is 1. The van der Waals surface area contributed by atoms with Crippen LogP contribution in [0.1, 0.15) is 62.8 Å². The van der Waals surface area contributed by atoms with Crippen LogP contribution in [-0.2, 0) is 4.74 Å². The molecule has 1 fully saturated rings. The Morgan fingerprint density at radius 3 is 2.19 bits per heavy atom. The van der Waals surface area contributed by atoms with Crippen molar-refractivity contribution in [3.05, 3.63) is 10.6 Å². The number of aromatic nitrogens is 1. The largest absolute Gasteiger partial charge is 0.477 e. The molecule has 118 valence electrons. The Balaban J connectivity index is 2.37. The quantitative estimate of drug-likeness (QED) is 0.927. The van der Waals surface area contributed by atoms with Crippen molar-refractivity contribution in [2.24, 2.45) is 0 Å². The molecule has 0 amide bonds. The van der Waals surface area contributed by atoms with Gasteiger partial charge in [0.05, 0.1) is 16.9 Å². The molecule has 0 atom stereocenters. The minimum Gasteiger partial charge on any atom is -0.477 e. The minimum atomic E-state index is -0.894. The average molecular weight is 312 g/mol. The van der Waals surface area contributed by atoms with E-state index in [1.165, 1.54) is 11.3 Å². The van der Waals surface area contributed by atoms with E-state index in [0.717, 1.165) is 5.13 Å². The molecule has 1 aromatic heterocycles. The molecule has 1 aliphatic rings. The lowest BCUT2D eigenvalue weighted by atomic mass is 9.99. The summed E-state index contributed by atoms with van der Waals surface area (Å²) in [7, 11) is 0. The number of rotatable bonds is 3. The van der Waals surface area contributed by atoms with Gasteiger partial charge in [0.25, 0.3) is 0 Å². The van der Waals surface area contributed by atoms with E-state index in [0.29, 0.717) is 23.7 Å². The fourth-order valence-electron chi connectivity index (χ4n) is 2.92. The van der Waals surface area contributed by atoms with E-state index < -0.39 is 5.97 Å². The number of carboxylic acids is 1. The maximum atomic E-state index is 11.4. The summed E-state index contributed by atoms with van der Waals surface area (Å²) in [6.07, 6.45) is 0. The highest BCUT2D eigenvalue weighted by Gasteiger charge is 2.39. The van der Waals surface area contributed by atoms with Crippen LogP contribution in [0.25, 0.3) is 0 Å². The fourth-order valence-corrected chi connectivity index (χ4v) is 3.98. The van der Waals surface area contributed by atoms with Gasteiger partial charge >= 0.3 is 5.97 Å². The number of carbonyl (C=O) groups is 1. The molecule has 0 saturated carbocycles. The molecule has 5 nitrogen and oxygen atoms in total. The third kappa shape index (κ3) is 3.55. The predicted molar refractivity (Wildman–Crippen MR) is 84.6 cm³/mol. The van der Waals surface area contributed by atoms with Crippen LogP contribution in [0.3, 0.4) is 0 Å². The van der Waals surface area contributed by atoms with Gasteiger partial charge in [0.15, 0.2) is 5.13 Å². The molecule has 1 aromatic rings. The molecule has 6 heteroatoms. The van der Waals surface area contributed by atoms with Gasteiger partial charge in [0.2, 0.25) is 0 Å². The first-order valence-electron chi connectivity index (χ1n) is 7.20. The van der Waals surface area contributed by atoms with Gasteiger partial charge in [-0.2, -0.15) is 0 Å². The molecule has 1 N–H and O–H groups in total. The van der Waals surface area contributed by atoms with Crippen LogP contribution < -0.4 is 4.90 Å². The fraction of sp³-hybridized carbons (Fsp3) is 0.733. The van der Waals surface area contributed by atoms with Crippen LogP contribution in [0, 0.1) is 0 Å². The van der Waals surface area contributed by atoms with Gasteiger partial charge in [-0.15, -0.1) is 0 Å². The number of hydrogen-bond acceptors (Lipinski definition) is 5. The van der Waals surface area contributed by atoms with E-state index in [2.05, 4.69) is 37.6 Å². The summed E-state index contributed by atoms with van der Waals surface area (Å²) < 4.78 is 6.06. The highest BCUT2D eigenvalue weighted by Crippen LogP contribution is 2.36. The molecule has 2 heterocycles. The zero-order valence-electron chi connectivity index (χ0n) is 13.6. The van der Waals surface area contributed by atoms with Gasteiger partial charge < -0.3 is 14.7 Å². The van der Waals surface area contributed by atoms with Gasteiger partial charge in [-0.1, -0.05) is 25.2 Å². The van der Waals surface area contributed by atoms with E-state index >= 15 is 0 Å². The Morgan fingerprint density at radius 1 is 1.29 bits per heavy atom. The van der Waals surface area contributed by atoms with Gasteiger partial charge in [0, 0.05) is 13.1 Å². The molecule has 1 aliphatic heterocycles. The second-order valence-electron chi connectivity index (χ2n) is 7.15. The molecule has 2 rings (SSSR count). The monoisotopic (exact) mass is 312 g/mol. The normalized spacial score (nSPS) is 20.8. The molecule has 0 radical (unpaired) electrons. The zero-order chi connectivity index (χ0) is 16.0. The van der Waals surface area contributed by atoms with E-state index in [1.54, 1.807) is 0 Å². The number of nitrogens with zero attached hydrogens (tertiary/aromatic N) is 2. The molecule has 0 spiro atoms. The summed E-state index contributed by atoms with van der Waals surface area (Å²) >= 11 is 1.26. The highest BCUT2D eigenvalue weighted by molar-refractivity contribution is 7.17. The summed E-state index contributed by atoms with van der Waals surface area (Å²) in [5.41, 5.74) is 0.105. The smallest absolute Gasteiger partial charge is 0.347 e. The highest BCUT2D eigenvalue weighted by atomic mass is 32.1. The molecule has 0 bridgehead atoms. The van der Waals surface area contributed by atoms with Crippen molar-refractivity contribution < 1.29 is 14.6 Å². The molecule has 1 saturated heterocycles. The van der Waals surface area contributed by atoms with Crippen molar-refractivity contribution in [1.29, 1.82) is 0 Å². The van der Waals surface area contributed by atoms with E-state index in [4.69, 9.17) is 4.74 Å². The Bertz CT molecular complexity index is 533. The lowest BCUT2D eigenvalue weighted by molar-refractivity contribution is -0.133. The minimum absolute atomic E-state index is 0.100. The van der Waals surface area contributed by atoms with Gasteiger partial charge in [0.1, 0.15) is 4.88 Å². The van der Waals surface area contributed by atoms with E-state index in [-0.39, 0.29) is 17.1 Å². The van der Waals surface area contributed by atoms with Gasteiger partial charge in [-0.3, -0.25) is 0 Å². The van der Waals surface area contributed by atoms with Gasteiger partial charge in [-0.25, -0.2) is 9.78 Å². The molecule has 0 aliphatic carbocycles. The third-order valence-electron chi connectivity index (χ3n) is 3.35. The Hall–Kier alpha value is -1.14. The van der Waals surface area contributed by atoms with Crippen LogP contribution in [0.15, 0.2) is 0 Å². The standard InChI is InChI=1S/C15H24N2O3S/c1-9(2)10-11(12(18)19)21-13(16-10)17-7-14(3,4)20-15(5,6)8-17/h9H,7-8H2,1-6H3,(H,18,19). The lowest BCUT2D eigenvalue weighted by Gasteiger charge is -2.47. The maximum Gasteiger partial charge on any atom is 0.347 e. The Morgan fingerprint density at radius 2 is 1.81 bits per heavy atom. The zero-order valence-corrected chi connectivity index (χ0v) is 14.4.